The van der Waals surface area contributed by atoms with Gasteiger partial charge in [0.25, 0.3) is 0 Å². The summed E-state index contributed by atoms with van der Waals surface area (Å²) in [6.07, 6.45) is 1.19. The van der Waals surface area contributed by atoms with Gasteiger partial charge in [0.05, 0.1) is 9.84 Å². The predicted octanol–water partition coefficient (Wildman–Crippen LogP) is 2.53. The maximum absolute atomic E-state index is 5.23. The maximum atomic E-state index is 5.23. The van der Waals surface area contributed by atoms with Gasteiger partial charge in [-0.3, -0.25) is 0 Å². The van der Waals surface area contributed by atoms with Crippen molar-refractivity contribution in [2.24, 2.45) is 5.92 Å². The van der Waals surface area contributed by atoms with Gasteiger partial charge in [-0.1, -0.05) is 31.9 Å². The van der Waals surface area contributed by atoms with Crippen molar-refractivity contribution in [3.05, 3.63) is 0 Å². The van der Waals surface area contributed by atoms with Crippen LogP contribution in [0.15, 0.2) is 0 Å². The first-order valence-corrected chi connectivity index (χ1v) is 4.71. The number of halogens is 2. The molecule has 0 spiro atoms. The summed E-state index contributed by atoms with van der Waals surface area (Å²) in [5.74, 6) is 0.678. The molecule has 0 aromatic carbocycles. The molecule has 1 fully saturated rings. The maximum Gasteiger partial charge on any atom is 0.0860 e. The van der Waals surface area contributed by atoms with E-state index in [0.29, 0.717) is 5.92 Å². The van der Waals surface area contributed by atoms with Crippen LogP contribution in [0.2, 0.25) is 0 Å². The highest BCUT2D eigenvalue weighted by atomic mass is 79.9. The van der Waals surface area contributed by atoms with E-state index >= 15 is 0 Å². The zero-order valence-electron chi connectivity index (χ0n) is 5.36. The predicted molar refractivity (Wildman–Crippen MR) is 45.2 cm³/mol. The largest absolute Gasteiger partial charge is 0.381 e. The van der Waals surface area contributed by atoms with Gasteiger partial charge in [0.1, 0.15) is 0 Å². The molecule has 1 rings (SSSR count). The second-order valence-electron chi connectivity index (χ2n) is 2.32. The van der Waals surface area contributed by atoms with Gasteiger partial charge in [0.15, 0.2) is 0 Å². The van der Waals surface area contributed by atoms with Crippen LogP contribution in [-0.2, 0) is 4.74 Å². The molecule has 0 bridgehead atoms. The summed E-state index contributed by atoms with van der Waals surface area (Å²) in [4.78, 5) is 0. The molecule has 0 amide bonds. The van der Waals surface area contributed by atoms with Crippen LogP contribution in [0.25, 0.3) is 0 Å². The average Bonchev–Trinajstić information content (AvgIpc) is 2.35. The third-order valence-corrected chi connectivity index (χ3v) is 3.42. The van der Waals surface area contributed by atoms with Crippen LogP contribution < -0.4 is 0 Å². The number of ether oxygens (including phenoxy) is 1. The lowest BCUT2D eigenvalue weighted by atomic mass is 10.5. The zero-order valence-corrected chi connectivity index (χ0v) is 8.53. The lowest BCUT2D eigenvalue weighted by molar-refractivity contribution is 0.137. The number of hydrogen-bond donors (Lipinski definition) is 0. The molecule has 0 N–H and O–H groups in total. The van der Waals surface area contributed by atoms with Crippen molar-refractivity contribution in [1.29, 1.82) is 0 Å². The van der Waals surface area contributed by atoms with Gasteiger partial charge >= 0.3 is 0 Å². The second-order valence-corrected chi connectivity index (χ2v) is 6.22. The Kier molecular flexibility index (Phi) is 2.57. The van der Waals surface area contributed by atoms with Crippen molar-refractivity contribution in [2.45, 2.75) is 16.6 Å². The normalized spacial score (nSPS) is 30.3. The van der Waals surface area contributed by atoms with Gasteiger partial charge in [-0.05, 0) is 13.3 Å². The minimum absolute atomic E-state index is 0.217. The van der Waals surface area contributed by atoms with E-state index in [-0.39, 0.29) is 3.23 Å². The van der Waals surface area contributed by atoms with Crippen molar-refractivity contribution in [1.82, 2.24) is 0 Å². The summed E-state index contributed by atoms with van der Waals surface area (Å²) in [5, 5.41) is 0. The molecule has 1 saturated carbocycles. The van der Waals surface area contributed by atoms with Crippen molar-refractivity contribution < 1.29 is 4.74 Å². The molecule has 0 aliphatic heterocycles. The third-order valence-electron chi connectivity index (χ3n) is 1.48. The number of alkyl halides is 2. The first-order chi connectivity index (χ1) is 4.17. The van der Waals surface area contributed by atoms with Gasteiger partial charge in [0.2, 0.25) is 0 Å². The fourth-order valence-electron chi connectivity index (χ4n) is 0.711. The highest BCUT2D eigenvalue weighted by Gasteiger charge is 2.50. The topological polar surface area (TPSA) is 9.23 Å². The molecule has 0 radical (unpaired) electrons. The van der Waals surface area contributed by atoms with E-state index in [1.165, 1.54) is 6.42 Å². The lowest BCUT2D eigenvalue weighted by Gasteiger charge is -1.99. The molecule has 0 aromatic rings. The molecular formula is C6H10Br2O. The summed E-state index contributed by atoms with van der Waals surface area (Å²) in [6, 6.07) is 0. The van der Waals surface area contributed by atoms with E-state index in [4.69, 9.17) is 4.74 Å². The smallest absolute Gasteiger partial charge is 0.0860 e. The molecule has 9 heavy (non-hydrogen) atoms. The summed E-state index contributed by atoms with van der Waals surface area (Å²) in [5.41, 5.74) is 0. The standard InChI is InChI=1S/C6H10Br2O/c1-2-9-4-5-3-6(5,7)8/h5H,2-4H2,1H3/t5-/m1/s1. The lowest BCUT2D eigenvalue weighted by Crippen LogP contribution is -1.99. The summed E-state index contributed by atoms with van der Waals surface area (Å²) >= 11 is 7.04. The fourth-order valence-corrected chi connectivity index (χ4v) is 1.76. The Morgan fingerprint density at radius 2 is 2.22 bits per heavy atom. The molecule has 54 valence electrons. The Balaban J connectivity index is 2.06. The monoisotopic (exact) mass is 256 g/mol. The molecule has 1 aliphatic rings. The highest BCUT2D eigenvalue weighted by molar-refractivity contribution is 9.25. The molecular weight excluding hydrogens is 248 g/mol. The molecule has 3 heteroatoms. The zero-order chi connectivity index (χ0) is 6.91. The van der Waals surface area contributed by atoms with E-state index in [1.807, 2.05) is 6.92 Å². The Hall–Kier alpha value is 0.920. The van der Waals surface area contributed by atoms with E-state index in [1.54, 1.807) is 0 Å². The first-order valence-electron chi connectivity index (χ1n) is 3.12. The van der Waals surface area contributed by atoms with E-state index in [0.717, 1.165) is 13.2 Å². The molecule has 0 heterocycles. The molecule has 1 atom stereocenters. The molecule has 1 aliphatic carbocycles. The highest BCUT2D eigenvalue weighted by Crippen LogP contribution is 2.56. The SMILES string of the molecule is CCOC[C@H]1CC1(Br)Br. The van der Waals surface area contributed by atoms with Crippen LogP contribution in [0.3, 0.4) is 0 Å². The van der Waals surface area contributed by atoms with E-state index in [2.05, 4.69) is 31.9 Å². The summed E-state index contributed by atoms with van der Waals surface area (Å²) in [6.45, 7) is 3.73. The third kappa shape index (κ3) is 2.20. The van der Waals surface area contributed by atoms with E-state index < -0.39 is 0 Å². The Morgan fingerprint density at radius 1 is 1.67 bits per heavy atom. The van der Waals surface area contributed by atoms with Crippen molar-refractivity contribution in [3.63, 3.8) is 0 Å². The van der Waals surface area contributed by atoms with Crippen LogP contribution in [0.5, 0.6) is 0 Å². The molecule has 0 aromatic heterocycles. The first kappa shape index (κ1) is 8.02. The minimum atomic E-state index is 0.217. The van der Waals surface area contributed by atoms with Gasteiger partial charge in [-0.15, -0.1) is 0 Å². The Labute approximate surface area is 72.4 Å². The average molecular weight is 258 g/mol. The second kappa shape index (κ2) is 2.89. The quantitative estimate of drug-likeness (QED) is 0.707. The molecule has 1 nitrogen and oxygen atoms in total. The minimum Gasteiger partial charge on any atom is -0.381 e. The van der Waals surface area contributed by atoms with Gasteiger partial charge in [-0.25, -0.2) is 0 Å². The van der Waals surface area contributed by atoms with Crippen LogP contribution in [0.1, 0.15) is 13.3 Å². The number of rotatable bonds is 3. The van der Waals surface area contributed by atoms with Crippen LogP contribution in [0, 0.1) is 5.92 Å². The van der Waals surface area contributed by atoms with Crippen molar-refractivity contribution in [2.75, 3.05) is 13.2 Å². The van der Waals surface area contributed by atoms with Crippen LogP contribution in [0.4, 0.5) is 0 Å². The number of hydrogen-bond acceptors (Lipinski definition) is 1. The van der Waals surface area contributed by atoms with Gasteiger partial charge < -0.3 is 4.74 Å². The van der Waals surface area contributed by atoms with Gasteiger partial charge in [-0.2, -0.15) is 0 Å². The summed E-state index contributed by atoms with van der Waals surface area (Å²) < 4.78 is 5.45. The Bertz CT molecular complexity index is 103. The van der Waals surface area contributed by atoms with Crippen molar-refractivity contribution >= 4 is 31.9 Å². The van der Waals surface area contributed by atoms with Crippen molar-refractivity contribution in [3.8, 4) is 0 Å². The molecule has 0 saturated heterocycles. The van der Waals surface area contributed by atoms with Crippen LogP contribution >= 0.6 is 31.9 Å². The summed E-state index contributed by atoms with van der Waals surface area (Å²) in [7, 11) is 0. The van der Waals surface area contributed by atoms with E-state index in [9.17, 15) is 0 Å². The fraction of sp³-hybridized carbons (Fsp3) is 1.00. The van der Waals surface area contributed by atoms with Crippen LogP contribution in [-0.4, -0.2) is 16.4 Å². The Morgan fingerprint density at radius 3 is 2.56 bits per heavy atom. The van der Waals surface area contributed by atoms with Gasteiger partial charge in [0, 0.05) is 12.5 Å². The molecule has 0 unspecified atom stereocenters.